The van der Waals surface area contributed by atoms with Gasteiger partial charge in [-0.25, -0.2) is 19.2 Å². The zero-order chi connectivity index (χ0) is 42.3. The maximum atomic E-state index is 12.7. The lowest BCUT2D eigenvalue weighted by Crippen LogP contribution is -2.66. The third-order valence-corrected chi connectivity index (χ3v) is 9.05. The number of rotatable bonds is 15. The van der Waals surface area contributed by atoms with E-state index >= 15 is 0 Å². The van der Waals surface area contributed by atoms with Crippen molar-refractivity contribution in [2.75, 3.05) is 13.2 Å². The first-order valence-electron chi connectivity index (χ1n) is 18.3. The van der Waals surface area contributed by atoms with Crippen LogP contribution < -0.4 is 0 Å². The lowest BCUT2D eigenvalue weighted by atomic mass is 9.74. The highest BCUT2D eigenvalue weighted by molar-refractivity contribution is 5.91. The predicted octanol–water partition coefficient (Wildman–Crippen LogP) is 7.99. The van der Waals surface area contributed by atoms with Crippen LogP contribution in [0.2, 0.25) is 0 Å². The third-order valence-electron chi connectivity index (χ3n) is 9.05. The molecule has 0 aliphatic carbocycles. The van der Waals surface area contributed by atoms with Crippen LogP contribution in [0.5, 0.6) is 0 Å². The van der Waals surface area contributed by atoms with Crippen LogP contribution in [0.4, 0.5) is 0 Å². The molecule has 0 spiro atoms. The molecule has 302 valence electrons. The van der Waals surface area contributed by atoms with E-state index in [0.717, 1.165) is 0 Å². The normalized spacial score (nSPS) is 11.4. The van der Waals surface area contributed by atoms with Crippen molar-refractivity contribution in [3.63, 3.8) is 0 Å². The number of ether oxygens (including phenoxy) is 6. The second kappa shape index (κ2) is 20.0. The molecule has 0 heterocycles. The molecule has 4 rings (SSSR count). The zero-order valence-electron chi connectivity index (χ0n) is 33.6. The highest BCUT2D eigenvalue weighted by Crippen LogP contribution is 2.42. The van der Waals surface area contributed by atoms with E-state index in [2.05, 4.69) is 0 Å². The Hall–Kier alpha value is -6.30. The van der Waals surface area contributed by atoms with Crippen molar-refractivity contribution in [1.82, 2.24) is 0 Å². The van der Waals surface area contributed by atoms with Crippen molar-refractivity contribution in [2.45, 2.75) is 84.2 Å². The highest BCUT2D eigenvalue weighted by Gasteiger charge is 2.59. The van der Waals surface area contributed by atoms with Crippen LogP contribution in [0.1, 0.15) is 103 Å². The zero-order valence-corrected chi connectivity index (χ0v) is 33.6. The highest BCUT2D eigenvalue weighted by atomic mass is 16.6. The first-order chi connectivity index (χ1) is 26.8. The molecular formula is C45H50O12. The quantitative estimate of drug-likeness (QED) is 0.0847. The Bertz CT molecular complexity index is 1840. The summed E-state index contributed by atoms with van der Waals surface area (Å²) in [6.45, 7) is 12.0. The lowest BCUT2D eigenvalue weighted by Gasteiger charge is -2.50. The molecule has 57 heavy (non-hydrogen) atoms. The van der Waals surface area contributed by atoms with Gasteiger partial charge in [-0.05, 0) is 90.1 Å². The number of carbonyl (C=O) groups excluding carboxylic acids is 6. The van der Waals surface area contributed by atoms with E-state index in [4.69, 9.17) is 28.4 Å². The summed E-state index contributed by atoms with van der Waals surface area (Å²) in [6.07, 6.45) is 0.148. The minimum absolute atomic E-state index is 0.148. The summed E-state index contributed by atoms with van der Waals surface area (Å²) in [5.74, 6) is -3.34. The summed E-state index contributed by atoms with van der Waals surface area (Å²) >= 11 is 0. The average molecular weight is 783 g/mol. The molecule has 12 heteroatoms. The Morgan fingerprint density at radius 2 is 0.737 bits per heavy atom. The maximum Gasteiger partial charge on any atom is 0.338 e. The Balaban J connectivity index is 0.000000307. The van der Waals surface area contributed by atoms with Gasteiger partial charge in [-0.15, -0.1) is 0 Å². The number of hydrogen-bond acceptors (Lipinski definition) is 12. The molecule has 0 aliphatic rings. The Morgan fingerprint density at radius 3 is 1.02 bits per heavy atom. The monoisotopic (exact) mass is 782 g/mol. The van der Waals surface area contributed by atoms with Gasteiger partial charge >= 0.3 is 35.8 Å². The fourth-order valence-electron chi connectivity index (χ4n) is 5.38. The Kier molecular flexibility index (Phi) is 15.9. The summed E-state index contributed by atoms with van der Waals surface area (Å²) in [7, 11) is 0. The summed E-state index contributed by atoms with van der Waals surface area (Å²) in [5, 5.41) is 0. The largest absolute Gasteiger partial charge is 0.458 e. The number of carbonyl (C=O) groups is 6. The molecule has 0 unspecified atom stereocenters. The van der Waals surface area contributed by atoms with E-state index in [1.807, 2.05) is 0 Å². The van der Waals surface area contributed by atoms with Gasteiger partial charge in [0.2, 0.25) is 0 Å². The topological polar surface area (TPSA) is 158 Å². The van der Waals surface area contributed by atoms with Crippen LogP contribution in [-0.4, -0.2) is 71.4 Å². The van der Waals surface area contributed by atoms with Gasteiger partial charge in [0.05, 0.1) is 22.3 Å². The Labute approximate surface area is 333 Å². The molecule has 0 aromatic heterocycles. The number of benzene rings is 4. The number of esters is 6. The molecule has 4 aromatic rings. The first kappa shape index (κ1) is 45.1. The van der Waals surface area contributed by atoms with E-state index in [-0.39, 0.29) is 19.6 Å². The average Bonchev–Trinajstić information content (AvgIpc) is 3.20. The molecule has 0 fully saturated rings. The minimum Gasteiger partial charge on any atom is -0.458 e. The molecule has 0 saturated heterocycles. The van der Waals surface area contributed by atoms with Crippen LogP contribution in [-0.2, 0) is 38.0 Å². The standard InChI is InChI=1S/C24H28O6.C21H22O6/c1-17(25)28-24(6,22(2,3)29-20(26)18-13-9-7-10-14-18)23(4,5)30-21(27)19-15-11-8-12-16-19;1-3-18(22)27-21(2,14-25-19(23)16-10-6-4-7-11-16)15-26-20(24)17-12-8-5-9-13-17/h7-16H,1-6H3;4-13H,3,14-15H2,1-2H3. The lowest BCUT2D eigenvalue weighted by molar-refractivity contribution is -0.233. The second-order valence-electron chi connectivity index (χ2n) is 14.3. The van der Waals surface area contributed by atoms with E-state index < -0.39 is 58.2 Å². The molecule has 0 atom stereocenters. The maximum absolute atomic E-state index is 12.7. The molecule has 0 aliphatic heterocycles. The van der Waals surface area contributed by atoms with Crippen LogP contribution in [0.3, 0.4) is 0 Å². The SMILES string of the molecule is CC(=O)OC(C)(C(C)(C)OC(=O)c1ccccc1)C(C)(C)OC(=O)c1ccccc1.CCC(=O)OC(C)(COC(=O)c1ccccc1)COC(=O)c1ccccc1. The van der Waals surface area contributed by atoms with Crippen LogP contribution in [0.25, 0.3) is 0 Å². The van der Waals surface area contributed by atoms with Gasteiger partial charge in [-0.1, -0.05) is 79.7 Å². The smallest absolute Gasteiger partial charge is 0.338 e. The van der Waals surface area contributed by atoms with E-state index in [0.29, 0.717) is 22.3 Å². The van der Waals surface area contributed by atoms with Gasteiger partial charge in [0.25, 0.3) is 0 Å². The van der Waals surface area contributed by atoms with Gasteiger partial charge in [-0.2, -0.15) is 0 Å². The van der Waals surface area contributed by atoms with Gasteiger partial charge in [-0.3, -0.25) is 9.59 Å². The Morgan fingerprint density at radius 1 is 0.439 bits per heavy atom. The van der Waals surface area contributed by atoms with Crippen LogP contribution >= 0.6 is 0 Å². The molecule has 4 aromatic carbocycles. The van der Waals surface area contributed by atoms with Crippen LogP contribution in [0.15, 0.2) is 121 Å². The van der Waals surface area contributed by atoms with Crippen molar-refractivity contribution >= 4 is 35.8 Å². The molecule has 0 amide bonds. The van der Waals surface area contributed by atoms with Crippen molar-refractivity contribution in [3.8, 4) is 0 Å². The molecule has 0 N–H and O–H groups in total. The fraction of sp³-hybridized carbons (Fsp3) is 0.333. The van der Waals surface area contributed by atoms with Crippen molar-refractivity contribution < 1.29 is 57.2 Å². The van der Waals surface area contributed by atoms with Crippen molar-refractivity contribution in [1.29, 1.82) is 0 Å². The third kappa shape index (κ3) is 12.9. The van der Waals surface area contributed by atoms with E-state index in [1.54, 1.807) is 170 Å². The predicted molar refractivity (Wildman–Crippen MR) is 210 cm³/mol. The van der Waals surface area contributed by atoms with E-state index in [1.165, 1.54) is 6.92 Å². The molecule has 0 radical (unpaired) electrons. The second-order valence-corrected chi connectivity index (χ2v) is 14.3. The van der Waals surface area contributed by atoms with Gasteiger partial charge in [0, 0.05) is 13.3 Å². The van der Waals surface area contributed by atoms with Gasteiger partial charge in [0.1, 0.15) is 13.2 Å². The minimum atomic E-state index is -1.50. The summed E-state index contributed by atoms with van der Waals surface area (Å²) in [4.78, 5) is 73.4. The summed E-state index contributed by atoms with van der Waals surface area (Å²) < 4.78 is 33.1. The van der Waals surface area contributed by atoms with Crippen molar-refractivity contribution in [3.05, 3.63) is 144 Å². The van der Waals surface area contributed by atoms with Gasteiger partial charge in [0.15, 0.2) is 22.4 Å². The molecule has 0 bridgehead atoms. The van der Waals surface area contributed by atoms with Crippen molar-refractivity contribution in [2.24, 2.45) is 0 Å². The first-order valence-corrected chi connectivity index (χ1v) is 18.3. The number of hydrogen-bond donors (Lipinski definition) is 0. The summed E-state index contributed by atoms with van der Waals surface area (Å²) in [5.41, 5.74) is -4.00. The molecular weight excluding hydrogens is 732 g/mol. The fourth-order valence-corrected chi connectivity index (χ4v) is 5.38. The van der Waals surface area contributed by atoms with Gasteiger partial charge < -0.3 is 28.4 Å². The molecule has 12 nitrogen and oxygen atoms in total. The van der Waals surface area contributed by atoms with Crippen LogP contribution in [0, 0.1) is 0 Å². The summed E-state index contributed by atoms with van der Waals surface area (Å²) in [6, 6.07) is 33.9. The van der Waals surface area contributed by atoms with E-state index in [9.17, 15) is 28.8 Å². The molecule has 0 saturated carbocycles.